The van der Waals surface area contributed by atoms with Gasteiger partial charge in [0.05, 0.1) is 30.7 Å². The molecular formula is C21H21N3O4. The van der Waals surface area contributed by atoms with Gasteiger partial charge in [0.2, 0.25) is 0 Å². The van der Waals surface area contributed by atoms with Crippen LogP contribution in [0, 0.1) is 0 Å². The first-order valence-electron chi connectivity index (χ1n) is 8.57. The van der Waals surface area contributed by atoms with E-state index in [0.717, 1.165) is 0 Å². The molecule has 0 aliphatic carbocycles. The number of pyridine rings is 1. The molecule has 1 aromatic heterocycles. The molecule has 0 atom stereocenters. The average molecular weight is 379 g/mol. The molecule has 0 saturated carbocycles. The van der Waals surface area contributed by atoms with E-state index in [1.807, 2.05) is 30.3 Å². The molecule has 7 nitrogen and oxygen atoms in total. The summed E-state index contributed by atoms with van der Waals surface area (Å²) < 4.78 is 16.2. The number of amides is 1. The van der Waals surface area contributed by atoms with Crippen molar-refractivity contribution in [1.29, 1.82) is 0 Å². The number of methoxy groups -OCH3 is 2. The first-order chi connectivity index (χ1) is 13.6. The molecule has 0 saturated heterocycles. The fourth-order valence-electron chi connectivity index (χ4n) is 2.60. The Labute approximate surface area is 163 Å². The van der Waals surface area contributed by atoms with Gasteiger partial charge in [0.25, 0.3) is 5.91 Å². The fourth-order valence-corrected chi connectivity index (χ4v) is 2.60. The molecule has 0 radical (unpaired) electrons. The number of carbonyl (C=O) groups is 1. The molecule has 3 aromatic rings. The van der Waals surface area contributed by atoms with Crippen LogP contribution in [-0.4, -0.2) is 25.1 Å². The number of nitrogens with zero attached hydrogens (tertiary/aromatic N) is 1. The highest BCUT2D eigenvalue weighted by Gasteiger charge is 2.15. The van der Waals surface area contributed by atoms with Gasteiger partial charge in [-0.25, -0.2) is 4.98 Å². The summed E-state index contributed by atoms with van der Waals surface area (Å²) in [5.74, 6) is 1.47. The zero-order valence-electron chi connectivity index (χ0n) is 15.6. The van der Waals surface area contributed by atoms with Crippen molar-refractivity contribution in [3.63, 3.8) is 0 Å². The smallest absolute Gasteiger partial charge is 0.259 e. The van der Waals surface area contributed by atoms with Crippen molar-refractivity contribution in [3.8, 4) is 17.2 Å². The van der Waals surface area contributed by atoms with Crippen LogP contribution in [0.2, 0.25) is 0 Å². The number of nitrogens with one attached hydrogen (secondary N) is 1. The number of rotatable bonds is 7. The van der Waals surface area contributed by atoms with Crippen LogP contribution in [-0.2, 0) is 11.3 Å². The number of anilines is 2. The lowest BCUT2D eigenvalue weighted by Gasteiger charge is -2.13. The van der Waals surface area contributed by atoms with Crippen LogP contribution in [0.1, 0.15) is 16.1 Å². The minimum Gasteiger partial charge on any atom is -0.495 e. The van der Waals surface area contributed by atoms with Gasteiger partial charge in [0.15, 0.2) is 0 Å². The largest absolute Gasteiger partial charge is 0.495 e. The Hall–Kier alpha value is -3.58. The maximum absolute atomic E-state index is 12.7. The van der Waals surface area contributed by atoms with Gasteiger partial charge in [-0.1, -0.05) is 18.2 Å². The second-order valence-corrected chi connectivity index (χ2v) is 5.90. The van der Waals surface area contributed by atoms with E-state index in [-0.39, 0.29) is 11.4 Å². The molecule has 28 heavy (non-hydrogen) atoms. The Morgan fingerprint density at radius 3 is 2.50 bits per heavy atom. The third-order valence-electron chi connectivity index (χ3n) is 3.92. The van der Waals surface area contributed by atoms with Gasteiger partial charge in [-0.05, 0) is 36.4 Å². The lowest BCUT2D eigenvalue weighted by Crippen LogP contribution is -2.16. The van der Waals surface area contributed by atoms with Gasteiger partial charge in [0.1, 0.15) is 23.1 Å². The number of hydrogen-bond donors (Lipinski definition) is 2. The van der Waals surface area contributed by atoms with Crippen molar-refractivity contribution in [3.05, 3.63) is 71.9 Å². The number of nitrogens with two attached hydrogens (primary N) is 1. The van der Waals surface area contributed by atoms with Crippen LogP contribution in [0.3, 0.4) is 0 Å². The van der Waals surface area contributed by atoms with Crippen LogP contribution < -0.4 is 20.5 Å². The van der Waals surface area contributed by atoms with E-state index in [9.17, 15) is 4.79 Å². The van der Waals surface area contributed by atoms with Gasteiger partial charge in [-0.3, -0.25) is 4.79 Å². The molecule has 3 N–H and O–H groups in total. The standard InChI is InChI=1S/C21H21N3O4/c1-26-13-14-8-10-17(20(22)23-14)21(25)24-18-12-16(9-11-19(18)27-2)28-15-6-4-3-5-7-15/h3-12H,13H2,1-2H3,(H2,22,23)(H,24,25). The quantitative estimate of drug-likeness (QED) is 0.647. The summed E-state index contributed by atoms with van der Waals surface area (Å²) in [5, 5.41) is 2.80. The molecule has 7 heteroatoms. The molecule has 144 valence electrons. The van der Waals surface area contributed by atoms with Crippen LogP contribution in [0.15, 0.2) is 60.7 Å². The summed E-state index contributed by atoms with van der Waals surface area (Å²) in [5.41, 5.74) is 7.29. The molecule has 0 spiro atoms. The Morgan fingerprint density at radius 2 is 1.82 bits per heavy atom. The highest BCUT2D eigenvalue weighted by atomic mass is 16.5. The SMILES string of the molecule is COCc1ccc(C(=O)Nc2cc(Oc3ccccc3)ccc2OC)c(N)n1. The van der Waals surface area contributed by atoms with E-state index >= 15 is 0 Å². The van der Waals surface area contributed by atoms with Gasteiger partial charge in [-0.2, -0.15) is 0 Å². The predicted octanol–water partition coefficient (Wildman–Crippen LogP) is 3.86. The van der Waals surface area contributed by atoms with Gasteiger partial charge >= 0.3 is 0 Å². The van der Waals surface area contributed by atoms with Gasteiger partial charge < -0.3 is 25.3 Å². The summed E-state index contributed by atoms with van der Waals surface area (Å²) >= 11 is 0. The van der Waals surface area contributed by atoms with Crippen molar-refractivity contribution >= 4 is 17.4 Å². The van der Waals surface area contributed by atoms with Crippen molar-refractivity contribution in [1.82, 2.24) is 4.98 Å². The van der Waals surface area contributed by atoms with Crippen LogP contribution in [0.5, 0.6) is 17.2 Å². The lowest BCUT2D eigenvalue weighted by molar-refractivity contribution is 0.102. The van der Waals surface area contributed by atoms with E-state index in [4.69, 9.17) is 19.9 Å². The summed E-state index contributed by atoms with van der Waals surface area (Å²) in [6.07, 6.45) is 0. The van der Waals surface area contributed by atoms with Crippen molar-refractivity contribution in [2.24, 2.45) is 0 Å². The van der Waals surface area contributed by atoms with Crippen LogP contribution >= 0.6 is 0 Å². The molecule has 0 unspecified atom stereocenters. The topological polar surface area (TPSA) is 95.7 Å². The normalized spacial score (nSPS) is 10.4. The molecule has 0 aliphatic rings. The zero-order valence-corrected chi connectivity index (χ0v) is 15.6. The van der Waals surface area contributed by atoms with E-state index in [2.05, 4.69) is 10.3 Å². The van der Waals surface area contributed by atoms with Gasteiger partial charge in [-0.15, -0.1) is 0 Å². The number of aromatic nitrogens is 1. The average Bonchev–Trinajstić information content (AvgIpc) is 2.69. The second-order valence-electron chi connectivity index (χ2n) is 5.90. The number of hydrogen-bond acceptors (Lipinski definition) is 6. The number of benzene rings is 2. The third-order valence-corrected chi connectivity index (χ3v) is 3.92. The van der Waals surface area contributed by atoms with Gasteiger partial charge in [0, 0.05) is 13.2 Å². The monoisotopic (exact) mass is 379 g/mol. The lowest BCUT2D eigenvalue weighted by atomic mass is 10.2. The Bertz CT molecular complexity index is 961. The van der Waals surface area contributed by atoms with E-state index < -0.39 is 5.91 Å². The highest BCUT2D eigenvalue weighted by Crippen LogP contribution is 2.32. The molecule has 0 aliphatic heterocycles. The zero-order chi connectivity index (χ0) is 19.9. The van der Waals surface area contributed by atoms with Crippen LogP contribution in [0.4, 0.5) is 11.5 Å². The number of carbonyl (C=O) groups excluding carboxylic acids is 1. The summed E-state index contributed by atoms with van der Waals surface area (Å²) in [6, 6.07) is 17.8. The summed E-state index contributed by atoms with van der Waals surface area (Å²) in [6.45, 7) is 0.318. The molecular weight excluding hydrogens is 358 g/mol. The van der Waals surface area contributed by atoms with E-state index in [1.54, 1.807) is 37.4 Å². The molecule has 1 amide bonds. The first kappa shape index (κ1) is 19.2. The maximum atomic E-state index is 12.7. The second kappa shape index (κ2) is 8.88. The van der Waals surface area contributed by atoms with Crippen molar-refractivity contribution in [2.75, 3.05) is 25.3 Å². The minimum absolute atomic E-state index is 0.128. The summed E-state index contributed by atoms with van der Waals surface area (Å²) in [4.78, 5) is 16.9. The molecule has 0 bridgehead atoms. The predicted molar refractivity (Wildman–Crippen MR) is 107 cm³/mol. The number of ether oxygens (including phenoxy) is 3. The summed E-state index contributed by atoms with van der Waals surface area (Å²) in [7, 11) is 3.09. The molecule has 0 fully saturated rings. The number of para-hydroxylation sites is 1. The molecule has 3 rings (SSSR count). The fraction of sp³-hybridized carbons (Fsp3) is 0.143. The Balaban J connectivity index is 1.82. The Kier molecular flexibility index (Phi) is 6.08. The number of nitrogen functional groups attached to an aromatic ring is 1. The first-order valence-corrected chi connectivity index (χ1v) is 8.57. The van der Waals surface area contributed by atoms with Crippen molar-refractivity contribution < 1.29 is 19.0 Å². The van der Waals surface area contributed by atoms with E-state index in [0.29, 0.717) is 35.2 Å². The third kappa shape index (κ3) is 4.57. The maximum Gasteiger partial charge on any atom is 0.259 e. The van der Waals surface area contributed by atoms with Crippen molar-refractivity contribution in [2.45, 2.75) is 6.61 Å². The van der Waals surface area contributed by atoms with E-state index in [1.165, 1.54) is 7.11 Å². The van der Waals surface area contributed by atoms with Crippen LogP contribution in [0.25, 0.3) is 0 Å². The molecule has 1 heterocycles. The minimum atomic E-state index is -0.399. The Morgan fingerprint density at radius 1 is 1.04 bits per heavy atom. The highest BCUT2D eigenvalue weighted by molar-refractivity contribution is 6.07. The molecule has 2 aromatic carbocycles.